The van der Waals surface area contributed by atoms with Crippen LogP contribution in [0.5, 0.6) is 0 Å². The minimum absolute atomic E-state index is 0.0186. The predicted molar refractivity (Wildman–Crippen MR) is 154 cm³/mol. The summed E-state index contributed by atoms with van der Waals surface area (Å²) in [5, 5.41) is 10.4. The minimum Gasteiger partial charge on any atom is -0.352 e. The van der Waals surface area contributed by atoms with Crippen LogP contribution in [0.1, 0.15) is 78.5 Å². The maximum absolute atomic E-state index is 12.6. The molecule has 2 N–H and O–H groups in total. The van der Waals surface area contributed by atoms with Gasteiger partial charge in [-0.3, -0.25) is 9.59 Å². The maximum Gasteiger partial charge on any atom is 0.251 e. The molecule has 0 unspecified atom stereocenters. The Kier molecular flexibility index (Phi) is 10.1. The van der Waals surface area contributed by atoms with E-state index in [1.165, 1.54) is 32.1 Å². The summed E-state index contributed by atoms with van der Waals surface area (Å²) in [7, 11) is 0. The molecule has 0 aliphatic heterocycles. The van der Waals surface area contributed by atoms with E-state index in [0.717, 1.165) is 71.4 Å². The fraction of sp³-hybridized carbons (Fsp3) is 0.333. The molecule has 0 fully saturated rings. The Morgan fingerprint density at radius 1 is 0.432 bits per heavy atom. The largest absolute Gasteiger partial charge is 0.352 e. The second kappa shape index (κ2) is 14.2. The normalized spacial score (nSPS) is 11.0. The van der Waals surface area contributed by atoms with Gasteiger partial charge in [-0.1, -0.05) is 118 Å². The van der Waals surface area contributed by atoms with Gasteiger partial charge in [-0.2, -0.15) is 0 Å². The van der Waals surface area contributed by atoms with Crippen molar-refractivity contribution in [2.75, 3.05) is 13.1 Å². The van der Waals surface area contributed by atoms with Crippen molar-refractivity contribution in [3.63, 3.8) is 0 Å². The number of nitrogens with one attached hydrogen (secondary N) is 2. The molecule has 192 valence electrons. The Hall–Kier alpha value is -3.66. The standard InChI is InChI=1S/C33H38N2O2/c36-32(30-22-14-18-26-16-8-10-20-28(26)30)34-24-12-6-4-2-1-3-5-7-13-25-35-33(37)31-23-15-19-27-17-9-11-21-29(27)31/h8-11,14-23H,1-7,12-13,24-25H2,(H,34,36)(H,35,37). The van der Waals surface area contributed by atoms with Crippen LogP contribution in [0.25, 0.3) is 21.5 Å². The number of unbranched alkanes of at least 4 members (excludes halogenated alkanes) is 8. The van der Waals surface area contributed by atoms with Crippen molar-refractivity contribution < 1.29 is 9.59 Å². The van der Waals surface area contributed by atoms with Crippen LogP contribution in [-0.2, 0) is 0 Å². The van der Waals surface area contributed by atoms with Crippen molar-refractivity contribution in [2.45, 2.75) is 57.8 Å². The maximum atomic E-state index is 12.6. The molecule has 4 aromatic carbocycles. The number of fused-ring (bicyclic) bond motifs is 2. The first-order chi connectivity index (χ1) is 18.2. The number of hydrogen-bond acceptors (Lipinski definition) is 2. The van der Waals surface area contributed by atoms with Crippen LogP contribution >= 0.6 is 0 Å². The van der Waals surface area contributed by atoms with Gasteiger partial charge in [0.2, 0.25) is 0 Å². The summed E-state index contributed by atoms with van der Waals surface area (Å²) >= 11 is 0. The van der Waals surface area contributed by atoms with Gasteiger partial charge in [0.15, 0.2) is 0 Å². The van der Waals surface area contributed by atoms with Crippen LogP contribution in [0.15, 0.2) is 84.9 Å². The molecular formula is C33H38N2O2. The van der Waals surface area contributed by atoms with E-state index < -0.39 is 0 Å². The van der Waals surface area contributed by atoms with E-state index in [4.69, 9.17) is 0 Å². The third kappa shape index (κ3) is 7.66. The average Bonchev–Trinajstić information content (AvgIpc) is 2.94. The van der Waals surface area contributed by atoms with Gasteiger partial charge in [0.1, 0.15) is 0 Å². The third-order valence-electron chi connectivity index (χ3n) is 6.99. The van der Waals surface area contributed by atoms with Gasteiger partial charge in [-0.15, -0.1) is 0 Å². The van der Waals surface area contributed by atoms with Gasteiger partial charge >= 0.3 is 0 Å². The van der Waals surface area contributed by atoms with Gasteiger partial charge < -0.3 is 10.6 Å². The first-order valence-corrected chi connectivity index (χ1v) is 13.8. The SMILES string of the molecule is O=C(NCCCCCCCCCCCNC(=O)c1cccc2ccccc12)c1cccc2ccccc12. The lowest BCUT2D eigenvalue weighted by atomic mass is 10.0. The molecule has 37 heavy (non-hydrogen) atoms. The number of hydrogen-bond donors (Lipinski definition) is 2. The van der Waals surface area contributed by atoms with Crippen molar-refractivity contribution in [3.8, 4) is 0 Å². The van der Waals surface area contributed by atoms with E-state index in [9.17, 15) is 9.59 Å². The lowest BCUT2D eigenvalue weighted by Gasteiger charge is -2.08. The Balaban J connectivity index is 0.996. The van der Waals surface area contributed by atoms with Crippen molar-refractivity contribution in [1.82, 2.24) is 10.6 Å². The molecule has 2 amide bonds. The minimum atomic E-state index is 0.0186. The lowest BCUT2D eigenvalue weighted by Crippen LogP contribution is -2.24. The van der Waals surface area contributed by atoms with Crippen LogP contribution < -0.4 is 10.6 Å². The summed E-state index contributed by atoms with van der Waals surface area (Å²) in [6.45, 7) is 1.46. The summed E-state index contributed by atoms with van der Waals surface area (Å²) in [4.78, 5) is 25.1. The highest BCUT2D eigenvalue weighted by Crippen LogP contribution is 2.19. The molecule has 0 atom stereocenters. The molecule has 0 aliphatic carbocycles. The Morgan fingerprint density at radius 2 is 0.784 bits per heavy atom. The number of carbonyl (C=O) groups is 2. The van der Waals surface area contributed by atoms with Crippen LogP contribution in [0.3, 0.4) is 0 Å². The quantitative estimate of drug-likeness (QED) is 0.177. The molecule has 4 nitrogen and oxygen atoms in total. The zero-order valence-corrected chi connectivity index (χ0v) is 21.7. The highest BCUT2D eigenvalue weighted by atomic mass is 16.2. The Bertz CT molecular complexity index is 1200. The monoisotopic (exact) mass is 494 g/mol. The number of carbonyl (C=O) groups excluding carboxylic acids is 2. The first-order valence-electron chi connectivity index (χ1n) is 13.8. The van der Waals surface area contributed by atoms with Gasteiger partial charge in [0, 0.05) is 24.2 Å². The van der Waals surface area contributed by atoms with E-state index in [1.54, 1.807) is 0 Å². The summed E-state index contributed by atoms with van der Waals surface area (Å²) in [5.74, 6) is 0.0372. The molecule has 0 bridgehead atoms. The lowest BCUT2D eigenvalue weighted by molar-refractivity contribution is 0.0946. The molecule has 0 saturated heterocycles. The number of rotatable bonds is 14. The van der Waals surface area contributed by atoms with E-state index in [0.29, 0.717) is 0 Å². The molecule has 0 radical (unpaired) electrons. The Labute approximate surface area is 220 Å². The van der Waals surface area contributed by atoms with E-state index in [2.05, 4.69) is 10.6 Å². The summed E-state index contributed by atoms with van der Waals surface area (Å²) in [5.41, 5.74) is 1.51. The van der Waals surface area contributed by atoms with E-state index in [-0.39, 0.29) is 11.8 Å². The molecule has 4 aromatic rings. The smallest absolute Gasteiger partial charge is 0.251 e. The van der Waals surface area contributed by atoms with Gasteiger partial charge in [0.25, 0.3) is 11.8 Å². The second-order valence-corrected chi connectivity index (χ2v) is 9.75. The summed E-state index contributed by atoms with van der Waals surface area (Å²) in [6.07, 6.45) is 10.5. The van der Waals surface area contributed by atoms with Crippen molar-refractivity contribution >= 4 is 33.4 Å². The molecule has 0 saturated carbocycles. The molecule has 0 aromatic heterocycles. The van der Waals surface area contributed by atoms with Crippen LogP contribution in [0, 0.1) is 0 Å². The molecule has 0 heterocycles. The van der Waals surface area contributed by atoms with Crippen LogP contribution in [0.4, 0.5) is 0 Å². The van der Waals surface area contributed by atoms with Crippen LogP contribution in [-0.4, -0.2) is 24.9 Å². The predicted octanol–water partition coefficient (Wildman–Crippen LogP) is 7.66. The fourth-order valence-electron chi connectivity index (χ4n) is 4.93. The number of amides is 2. The first kappa shape index (κ1) is 26.4. The fourth-order valence-corrected chi connectivity index (χ4v) is 4.93. The van der Waals surface area contributed by atoms with E-state index in [1.807, 2.05) is 84.9 Å². The Morgan fingerprint density at radius 3 is 1.22 bits per heavy atom. The van der Waals surface area contributed by atoms with Crippen molar-refractivity contribution in [2.24, 2.45) is 0 Å². The zero-order chi connectivity index (χ0) is 25.7. The highest BCUT2D eigenvalue weighted by Gasteiger charge is 2.09. The molecule has 0 aliphatic rings. The third-order valence-corrected chi connectivity index (χ3v) is 6.99. The molecule has 4 rings (SSSR count). The van der Waals surface area contributed by atoms with Crippen molar-refractivity contribution in [1.29, 1.82) is 0 Å². The van der Waals surface area contributed by atoms with Gasteiger partial charge in [-0.25, -0.2) is 0 Å². The summed E-state index contributed by atoms with van der Waals surface area (Å²) in [6, 6.07) is 27.8. The average molecular weight is 495 g/mol. The van der Waals surface area contributed by atoms with Crippen LogP contribution in [0.2, 0.25) is 0 Å². The second-order valence-electron chi connectivity index (χ2n) is 9.75. The highest BCUT2D eigenvalue weighted by molar-refractivity contribution is 6.07. The van der Waals surface area contributed by atoms with Crippen molar-refractivity contribution in [3.05, 3.63) is 96.1 Å². The molecule has 4 heteroatoms. The molecular weight excluding hydrogens is 456 g/mol. The number of benzene rings is 4. The zero-order valence-electron chi connectivity index (χ0n) is 21.7. The molecule has 0 spiro atoms. The van der Waals surface area contributed by atoms with E-state index >= 15 is 0 Å². The van der Waals surface area contributed by atoms with Gasteiger partial charge in [0.05, 0.1) is 0 Å². The topological polar surface area (TPSA) is 58.2 Å². The summed E-state index contributed by atoms with van der Waals surface area (Å²) < 4.78 is 0. The van der Waals surface area contributed by atoms with Gasteiger partial charge in [-0.05, 0) is 46.5 Å².